The van der Waals surface area contributed by atoms with Crippen LogP contribution in [0, 0.1) is 6.92 Å². The van der Waals surface area contributed by atoms with E-state index in [0.29, 0.717) is 21.8 Å². The van der Waals surface area contributed by atoms with Gasteiger partial charge in [-0.15, -0.1) is 0 Å². The van der Waals surface area contributed by atoms with Crippen LogP contribution in [0.2, 0.25) is 5.02 Å². The van der Waals surface area contributed by atoms with Gasteiger partial charge in [0.15, 0.2) is 0 Å². The van der Waals surface area contributed by atoms with Crippen LogP contribution in [0.25, 0.3) is 5.76 Å². The van der Waals surface area contributed by atoms with Crippen LogP contribution in [-0.4, -0.2) is 21.9 Å². The molecule has 0 unspecified atom stereocenters. The molecule has 3 aromatic rings. The number of nitrogens with zero attached hydrogens (tertiary/aromatic N) is 1. The Morgan fingerprint density at radius 1 is 0.900 bits per heavy atom. The third-order valence-electron chi connectivity index (χ3n) is 5.08. The summed E-state index contributed by atoms with van der Waals surface area (Å²) in [6.07, 6.45) is 0. The van der Waals surface area contributed by atoms with Crippen LogP contribution in [0.15, 0.2) is 78.4 Å². The highest BCUT2D eigenvalue weighted by molar-refractivity contribution is 6.51. The molecule has 1 amide bonds. The second kappa shape index (κ2) is 7.69. The number of amides is 1. The molecular weight excluding hydrogens is 402 g/mol. The van der Waals surface area contributed by atoms with Gasteiger partial charge in [0.25, 0.3) is 11.7 Å². The summed E-state index contributed by atoms with van der Waals surface area (Å²) in [5, 5.41) is 21.1. The largest absolute Gasteiger partial charge is 0.508 e. The van der Waals surface area contributed by atoms with Gasteiger partial charge in [-0.25, -0.2) is 0 Å². The Hall–Kier alpha value is -3.57. The van der Waals surface area contributed by atoms with Gasteiger partial charge in [-0.3, -0.25) is 14.5 Å². The molecular formula is C24H18ClNO4. The summed E-state index contributed by atoms with van der Waals surface area (Å²) < 4.78 is 0. The number of anilines is 1. The van der Waals surface area contributed by atoms with Crippen molar-refractivity contribution >= 4 is 34.7 Å². The minimum Gasteiger partial charge on any atom is -0.508 e. The molecule has 0 radical (unpaired) electrons. The highest BCUT2D eigenvalue weighted by Crippen LogP contribution is 2.42. The second-order valence-corrected chi connectivity index (χ2v) is 7.54. The van der Waals surface area contributed by atoms with Gasteiger partial charge >= 0.3 is 0 Å². The standard InChI is InChI=1S/C24H18ClNO4/c1-14-2-4-16(5-3-14)22(28)20-21(15-6-8-17(25)9-7-15)26(24(30)23(20)29)18-10-12-19(27)13-11-18/h2-13,21,27-28H,1H3/t21-/m0/s1. The van der Waals surface area contributed by atoms with Crippen LogP contribution in [0.5, 0.6) is 5.75 Å². The van der Waals surface area contributed by atoms with Crippen molar-refractivity contribution in [2.24, 2.45) is 0 Å². The van der Waals surface area contributed by atoms with Gasteiger partial charge in [-0.05, 0) is 48.9 Å². The minimum atomic E-state index is -0.840. The fourth-order valence-electron chi connectivity index (χ4n) is 3.54. The zero-order chi connectivity index (χ0) is 21.4. The zero-order valence-corrected chi connectivity index (χ0v) is 16.8. The lowest BCUT2D eigenvalue weighted by Crippen LogP contribution is -2.29. The van der Waals surface area contributed by atoms with Crippen molar-refractivity contribution in [3.05, 3.63) is 100 Å². The quantitative estimate of drug-likeness (QED) is 0.356. The van der Waals surface area contributed by atoms with Crippen LogP contribution < -0.4 is 4.90 Å². The van der Waals surface area contributed by atoms with Crippen molar-refractivity contribution in [1.82, 2.24) is 0 Å². The van der Waals surface area contributed by atoms with Crippen molar-refractivity contribution in [1.29, 1.82) is 0 Å². The van der Waals surface area contributed by atoms with Crippen molar-refractivity contribution in [2.75, 3.05) is 4.90 Å². The third-order valence-corrected chi connectivity index (χ3v) is 5.34. The summed E-state index contributed by atoms with van der Waals surface area (Å²) in [7, 11) is 0. The summed E-state index contributed by atoms with van der Waals surface area (Å²) in [6, 6.07) is 19.0. The van der Waals surface area contributed by atoms with Gasteiger partial charge in [-0.1, -0.05) is 53.6 Å². The number of halogens is 1. The first kappa shape index (κ1) is 19.7. The molecule has 4 rings (SSSR count). The maximum absolute atomic E-state index is 13.0. The topological polar surface area (TPSA) is 77.8 Å². The molecule has 30 heavy (non-hydrogen) atoms. The number of aliphatic hydroxyl groups excluding tert-OH is 1. The molecule has 0 aliphatic carbocycles. The predicted octanol–water partition coefficient (Wildman–Crippen LogP) is 4.98. The second-order valence-electron chi connectivity index (χ2n) is 7.10. The number of carbonyl (C=O) groups excluding carboxylic acids is 2. The van der Waals surface area contributed by atoms with Crippen molar-refractivity contribution in [3.63, 3.8) is 0 Å². The van der Waals surface area contributed by atoms with E-state index in [1.54, 1.807) is 48.5 Å². The lowest BCUT2D eigenvalue weighted by Gasteiger charge is -2.25. The van der Waals surface area contributed by atoms with E-state index in [4.69, 9.17) is 11.6 Å². The van der Waals surface area contributed by atoms with Crippen LogP contribution >= 0.6 is 11.6 Å². The normalized spacial score (nSPS) is 18.1. The lowest BCUT2D eigenvalue weighted by molar-refractivity contribution is -0.132. The fourth-order valence-corrected chi connectivity index (χ4v) is 3.67. The number of hydrogen-bond donors (Lipinski definition) is 2. The van der Waals surface area contributed by atoms with E-state index in [1.165, 1.54) is 17.0 Å². The van der Waals surface area contributed by atoms with E-state index < -0.39 is 17.7 Å². The van der Waals surface area contributed by atoms with Crippen molar-refractivity contribution in [2.45, 2.75) is 13.0 Å². The van der Waals surface area contributed by atoms with Gasteiger partial charge < -0.3 is 10.2 Å². The molecule has 6 heteroatoms. The SMILES string of the molecule is Cc1ccc(C(O)=C2C(=O)C(=O)N(c3ccc(O)cc3)[C@H]2c2ccc(Cl)cc2)cc1. The predicted molar refractivity (Wildman–Crippen MR) is 116 cm³/mol. The Morgan fingerprint density at radius 2 is 1.50 bits per heavy atom. The van der Waals surface area contributed by atoms with Gasteiger partial charge in [-0.2, -0.15) is 0 Å². The van der Waals surface area contributed by atoms with Gasteiger partial charge in [0.2, 0.25) is 0 Å². The summed E-state index contributed by atoms with van der Waals surface area (Å²) in [5.74, 6) is -1.73. The average Bonchev–Trinajstić information content (AvgIpc) is 3.00. The average molecular weight is 420 g/mol. The number of hydrogen-bond acceptors (Lipinski definition) is 4. The monoisotopic (exact) mass is 419 g/mol. The number of carbonyl (C=O) groups is 2. The first-order valence-corrected chi connectivity index (χ1v) is 9.67. The summed E-state index contributed by atoms with van der Waals surface area (Å²) >= 11 is 6.02. The van der Waals surface area contributed by atoms with Crippen LogP contribution in [0.3, 0.4) is 0 Å². The van der Waals surface area contributed by atoms with E-state index in [9.17, 15) is 19.8 Å². The number of aryl methyl sites for hydroxylation is 1. The lowest BCUT2D eigenvalue weighted by atomic mass is 9.95. The van der Waals surface area contributed by atoms with E-state index in [-0.39, 0.29) is 17.1 Å². The molecule has 5 nitrogen and oxygen atoms in total. The minimum absolute atomic E-state index is 0.000694. The molecule has 0 spiro atoms. The Kier molecular flexibility index (Phi) is 5.06. The Balaban J connectivity index is 1.93. The third kappa shape index (κ3) is 3.44. The number of aromatic hydroxyl groups is 1. The molecule has 1 aliphatic rings. The molecule has 150 valence electrons. The maximum atomic E-state index is 13.0. The van der Waals surface area contributed by atoms with E-state index in [2.05, 4.69) is 0 Å². The number of aliphatic hydroxyl groups is 1. The highest BCUT2D eigenvalue weighted by atomic mass is 35.5. The Labute approximate surface area is 178 Å². The molecule has 2 N–H and O–H groups in total. The first-order chi connectivity index (χ1) is 14.4. The fraction of sp³-hybridized carbons (Fsp3) is 0.0833. The molecule has 0 aromatic heterocycles. The van der Waals surface area contributed by atoms with Crippen LogP contribution in [0.4, 0.5) is 5.69 Å². The van der Waals surface area contributed by atoms with Crippen molar-refractivity contribution < 1.29 is 19.8 Å². The smallest absolute Gasteiger partial charge is 0.300 e. The number of Topliss-reactive ketones (excluding diaryl/α,β-unsaturated/α-hetero) is 1. The van der Waals surface area contributed by atoms with Crippen molar-refractivity contribution in [3.8, 4) is 5.75 Å². The summed E-state index contributed by atoms with van der Waals surface area (Å²) in [5.41, 5.74) is 2.51. The van der Waals surface area contributed by atoms with E-state index >= 15 is 0 Å². The molecule has 1 fully saturated rings. The molecule has 1 heterocycles. The molecule has 1 atom stereocenters. The summed E-state index contributed by atoms with van der Waals surface area (Å²) in [4.78, 5) is 27.3. The number of benzene rings is 3. The molecule has 1 saturated heterocycles. The Bertz CT molecular complexity index is 1150. The zero-order valence-electron chi connectivity index (χ0n) is 16.0. The van der Waals surface area contributed by atoms with Crippen LogP contribution in [0.1, 0.15) is 22.7 Å². The highest BCUT2D eigenvalue weighted by Gasteiger charge is 2.46. The Morgan fingerprint density at radius 3 is 2.10 bits per heavy atom. The van der Waals surface area contributed by atoms with Gasteiger partial charge in [0.05, 0.1) is 11.6 Å². The molecule has 0 saturated carbocycles. The first-order valence-electron chi connectivity index (χ1n) is 9.29. The summed E-state index contributed by atoms with van der Waals surface area (Å²) in [6.45, 7) is 1.92. The van der Waals surface area contributed by atoms with Gasteiger partial charge in [0, 0.05) is 16.3 Å². The molecule has 0 bridgehead atoms. The molecule has 1 aliphatic heterocycles. The van der Waals surface area contributed by atoms with Crippen LogP contribution in [-0.2, 0) is 9.59 Å². The number of phenolic OH excluding ortho intramolecular Hbond substituents is 1. The van der Waals surface area contributed by atoms with E-state index in [1.807, 2.05) is 19.1 Å². The van der Waals surface area contributed by atoms with Gasteiger partial charge in [0.1, 0.15) is 11.5 Å². The number of phenols is 1. The number of rotatable bonds is 3. The molecule has 3 aromatic carbocycles. The number of ketones is 1. The van der Waals surface area contributed by atoms with E-state index in [0.717, 1.165) is 5.56 Å². The maximum Gasteiger partial charge on any atom is 0.300 e.